The van der Waals surface area contributed by atoms with Crippen LogP contribution in [0.4, 0.5) is 0 Å². The Hall–Kier alpha value is -1.61. The van der Waals surface area contributed by atoms with Gasteiger partial charge in [-0.3, -0.25) is 5.10 Å². The Morgan fingerprint density at radius 3 is 2.50 bits per heavy atom. The van der Waals surface area contributed by atoms with Crippen LogP contribution in [0.15, 0.2) is 24.3 Å². The van der Waals surface area contributed by atoms with E-state index in [0.717, 1.165) is 24.2 Å². The van der Waals surface area contributed by atoms with Crippen molar-refractivity contribution in [2.75, 3.05) is 6.54 Å². The quantitative estimate of drug-likeness (QED) is 0.848. The van der Waals surface area contributed by atoms with Crippen LogP contribution < -0.4 is 5.73 Å². The number of H-pyrrole nitrogens is 1. The molecule has 0 saturated carbocycles. The van der Waals surface area contributed by atoms with Gasteiger partial charge in [-0.1, -0.05) is 37.6 Å². The Morgan fingerprint density at radius 2 is 1.89 bits per heavy atom. The van der Waals surface area contributed by atoms with Crippen molar-refractivity contribution in [3.63, 3.8) is 0 Å². The first kappa shape index (κ1) is 12.8. The van der Waals surface area contributed by atoms with E-state index in [2.05, 4.69) is 41.4 Å². The van der Waals surface area contributed by atoms with Gasteiger partial charge < -0.3 is 5.73 Å². The first-order valence-electron chi connectivity index (χ1n) is 6.59. The normalized spacial score (nSPS) is 10.8. The number of aromatic nitrogens is 2. The highest BCUT2D eigenvalue weighted by atomic mass is 15.1. The van der Waals surface area contributed by atoms with E-state index in [1.54, 1.807) is 0 Å². The van der Waals surface area contributed by atoms with Gasteiger partial charge in [-0.25, -0.2) is 0 Å². The molecule has 3 heteroatoms. The lowest BCUT2D eigenvalue weighted by atomic mass is 10.0. The zero-order valence-electron chi connectivity index (χ0n) is 11.2. The zero-order chi connectivity index (χ0) is 13.0. The lowest BCUT2D eigenvalue weighted by Gasteiger charge is -2.04. The molecule has 2 rings (SSSR count). The van der Waals surface area contributed by atoms with Crippen LogP contribution in [-0.4, -0.2) is 16.7 Å². The van der Waals surface area contributed by atoms with Crippen LogP contribution in [0.5, 0.6) is 0 Å². The largest absolute Gasteiger partial charge is 0.330 e. The minimum atomic E-state index is 0.654. The van der Waals surface area contributed by atoms with E-state index in [0.29, 0.717) is 6.54 Å². The predicted molar refractivity (Wildman–Crippen MR) is 75.5 cm³/mol. The molecule has 1 aromatic carbocycles. The molecule has 1 heterocycles. The molecule has 0 unspecified atom stereocenters. The fourth-order valence-corrected chi connectivity index (χ4v) is 2.26. The summed E-state index contributed by atoms with van der Waals surface area (Å²) in [6, 6.07) is 8.69. The van der Waals surface area contributed by atoms with Gasteiger partial charge in [0.05, 0.1) is 5.69 Å². The molecule has 0 spiro atoms. The number of nitrogens with zero attached hydrogens (tertiary/aromatic N) is 1. The smallest absolute Gasteiger partial charge is 0.0955 e. The molecule has 0 amide bonds. The molecule has 1 aromatic heterocycles. The molecule has 0 saturated heterocycles. The molecule has 18 heavy (non-hydrogen) atoms. The van der Waals surface area contributed by atoms with Crippen molar-refractivity contribution in [1.29, 1.82) is 0 Å². The maximum Gasteiger partial charge on any atom is 0.0955 e. The van der Waals surface area contributed by atoms with E-state index in [1.807, 2.05) is 6.92 Å². The molecule has 96 valence electrons. The molecule has 0 aliphatic rings. The molecule has 3 nitrogen and oxygen atoms in total. The van der Waals surface area contributed by atoms with E-state index in [-0.39, 0.29) is 0 Å². The summed E-state index contributed by atoms with van der Waals surface area (Å²) in [5.41, 5.74) is 11.6. The minimum absolute atomic E-state index is 0.654. The van der Waals surface area contributed by atoms with E-state index >= 15 is 0 Å². The number of benzene rings is 1. The van der Waals surface area contributed by atoms with E-state index in [9.17, 15) is 0 Å². The molecule has 0 radical (unpaired) electrons. The Bertz CT molecular complexity index is 497. The van der Waals surface area contributed by atoms with Crippen molar-refractivity contribution < 1.29 is 0 Å². The second kappa shape index (κ2) is 5.83. The van der Waals surface area contributed by atoms with Gasteiger partial charge in [0, 0.05) is 16.8 Å². The van der Waals surface area contributed by atoms with Crippen molar-refractivity contribution >= 4 is 0 Å². The van der Waals surface area contributed by atoms with Gasteiger partial charge in [-0.15, -0.1) is 0 Å². The Morgan fingerprint density at radius 1 is 1.17 bits per heavy atom. The predicted octanol–water partition coefficient (Wildman–Crippen LogP) is 2.84. The molecule has 2 aromatic rings. The van der Waals surface area contributed by atoms with Crippen LogP contribution in [0.25, 0.3) is 11.3 Å². The van der Waals surface area contributed by atoms with Crippen molar-refractivity contribution in [2.24, 2.45) is 5.73 Å². The van der Waals surface area contributed by atoms with E-state index in [4.69, 9.17) is 5.73 Å². The second-order valence-corrected chi connectivity index (χ2v) is 4.66. The molecule has 0 aliphatic heterocycles. The molecule has 3 N–H and O–H groups in total. The summed E-state index contributed by atoms with van der Waals surface area (Å²) in [7, 11) is 0. The number of rotatable bonds is 5. The molecule has 0 fully saturated rings. The van der Waals surface area contributed by atoms with Gasteiger partial charge in [0.15, 0.2) is 0 Å². The highest BCUT2D eigenvalue weighted by molar-refractivity contribution is 5.64. The lowest BCUT2D eigenvalue weighted by Crippen LogP contribution is -2.04. The molecular formula is C15H21N3. The van der Waals surface area contributed by atoms with Crippen LogP contribution in [-0.2, 0) is 12.8 Å². The zero-order valence-corrected chi connectivity index (χ0v) is 11.2. The number of nitrogens with one attached hydrogen (secondary N) is 1. The van der Waals surface area contributed by atoms with E-state index < -0.39 is 0 Å². The summed E-state index contributed by atoms with van der Waals surface area (Å²) in [5, 5.41) is 7.45. The summed E-state index contributed by atoms with van der Waals surface area (Å²) >= 11 is 0. The van der Waals surface area contributed by atoms with Gasteiger partial charge in [0.2, 0.25) is 0 Å². The summed E-state index contributed by atoms with van der Waals surface area (Å²) < 4.78 is 0. The summed E-state index contributed by atoms with van der Waals surface area (Å²) in [6.45, 7) is 4.90. The van der Waals surface area contributed by atoms with Crippen LogP contribution in [0.3, 0.4) is 0 Å². The Kier molecular flexibility index (Phi) is 4.15. The number of aromatic amines is 1. The first-order chi connectivity index (χ1) is 8.76. The van der Waals surface area contributed by atoms with Crippen molar-refractivity contribution in [1.82, 2.24) is 10.2 Å². The van der Waals surface area contributed by atoms with Gasteiger partial charge in [0.1, 0.15) is 0 Å². The van der Waals surface area contributed by atoms with Crippen molar-refractivity contribution in [3.8, 4) is 11.3 Å². The maximum absolute atomic E-state index is 5.66. The maximum atomic E-state index is 5.66. The van der Waals surface area contributed by atoms with Crippen LogP contribution >= 0.6 is 0 Å². The van der Waals surface area contributed by atoms with Crippen LogP contribution in [0, 0.1) is 6.92 Å². The number of hydrogen-bond donors (Lipinski definition) is 2. The number of aryl methyl sites for hydroxylation is 2. The Balaban J connectivity index is 2.30. The number of nitrogens with two attached hydrogens (primary N) is 1. The fourth-order valence-electron chi connectivity index (χ4n) is 2.26. The van der Waals surface area contributed by atoms with Crippen molar-refractivity contribution in [3.05, 3.63) is 41.1 Å². The van der Waals surface area contributed by atoms with Gasteiger partial charge in [0.25, 0.3) is 0 Å². The second-order valence-electron chi connectivity index (χ2n) is 4.66. The Labute approximate surface area is 108 Å². The van der Waals surface area contributed by atoms with Gasteiger partial charge >= 0.3 is 0 Å². The third-order valence-corrected chi connectivity index (χ3v) is 3.23. The summed E-state index contributed by atoms with van der Waals surface area (Å²) in [5.74, 6) is 0. The minimum Gasteiger partial charge on any atom is -0.330 e. The highest BCUT2D eigenvalue weighted by Crippen LogP contribution is 2.24. The molecule has 0 atom stereocenters. The third-order valence-electron chi connectivity index (χ3n) is 3.23. The standard InChI is InChI=1S/C15H21N3/c1-3-4-12-5-7-13(8-6-12)15-14(9-10-16)11(2)17-18-15/h5-8H,3-4,9-10,16H2,1-2H3,(H,17,18). The third kappa shape index (κ3) is 2.62. The van der Waals surface area contributed by atoms with E-state index in [1.165, 1.54) is 23.1 Å². The molecule has 0 aliphatic carbocycles. The highest BCUT2D eigenvalue weighted by Gasteiger charge is 2.11. The topological polar surface area (TPSA) is 54.7 Å². The molecular weight excluding hydrogens is 222 g/mol. The lowest BCUT2D eigenvalue weighted by molar-refractivity contribution is 0.922. The summed E-state index contributed by atoms with van der Waals surface area (Å²) in [4.78, 5) is 0. The summed E-state index contributed by atoms with van der Waals surface area (Å²) in [6.07, 6.45) is 3.18. The van der Waals surface area contributed by atoms with Crippen LogP contribution in [0.1, 0.15) is 30.2 Å². The monoisotopic (exact) mass is 243 g/mol. The average molecular weight is 243 g/mol. The number of hydrogen-bond acceptors (Lipinski definition) is 2. The van der Waals surface area contributed by atoms with Gasteiger partial charge in [-0.05, 0) is 31.9 Å². The average Bonchev–Trinajstić information content (AvgIpc) is 2.73. The van der Waals surface area contributed by atoms with Crippen molar-refractivity contribution in [2.45, 2.75) is 33.1 Å². The molecule has 0 bridgehead atoms. The fraction of sp³-hybridized carbons (Fsp3) is 0.400. The van der Waals surface area contributed by atoms with Gasteiger partial charge in [-0.2, -0.15) is 5.10 Å². The van der Waals surface area contributed by atoms with Crippen LogP contribution in [0.2, 0.25) is 0 Å². The first-order valence-corrected chi connectivity index (χ1v) is 6.59. The SMILES string of the molecule is CCCc1ccc(-c2n[nH]c(C)c2CCN)cc1.